The molecule has 1 aliphatic rings. The molecule has 8 heteroatoms. The molecule has 0 saturated carbocycles. The number of likely N-dealkylation sites (tertiary alicyclic amines) is 1. The van der Waals surface area contributed by atoms with Gasteiger partial charge < -0.3 is 10.2 Å². The Balaban J connectivity index is 1.53. The van der Waals surface area contributed by atoms with Crippen LogP contribution in [0.4, 0.5) is 5.00 Å². The van der Waals surface area contributed by atoms with Crippen LogP contribution < -0.4 is 5.32 Å². The average Bonchev–Trinajstić information content (AvgIpc) is 2.83. The van der Waals surface area contributed by atoms with Crippen molar-refractivity contribution < 1.29 is 9.59 Å². The summed E-state index contributed by atoms with van der Waals surface area (Å²) in [5, 5.41) is 3.55. The van der Waals surface area contributed by atoms with Gasteiger partial charge in [0.05, 0.1) is 17.8 Å². The number of amides is 2. The number of carbonyl (C=O) groups excluding carboxylic acids is 2. The number of nitrogens with one attached hydrogen (secondary N) is 1. The number of aromatic nitrogens is 3. The second kappa shape index (κ2) is 5.57. The van der Waals surface area contributed by atoms with Crippen LogP contribution in [0.25, 0.3) is 0 Å². The van der Waals surface area contributed by atoms with Crippen LogP contribution in [0.1, 0.15) is 16.2 Å². The Morgan fingerprint density at radius 2 is 2.19 bits per heavy atom. The van der Waals surface area contributed by atoms with Gasteiger partial charge in [0.2, 0.25) is 5.91 Å². The Morgan fingerprint density at radius 1 is 1.38 bits per heavy atom. The maximum atomic E-state index is 12.0. The zero-order chi connectivity index (χ0) is 14.8. The Hall–Kier alpha value is -2.35. The van der Waals surface area contributed by atoms with Crippen LogP contribution in [-0.4, -0.2) is 44.1 Å². The van der Waals surface area contributed by atoms with E-state index >= 15 is 0 Å². The summed E-state index contributed by atoms with van der Waals surface area (Å²) in [5.41, 5.74) is 1.18. The van der Waals surface area contributed by atoms with E-state index in [1.807, 2.05) is 13.0 Å². The van der Waals surface area contributed by atoms with E-state index in [2.05, 4.69) is 19.7 Å². The van der Waals surface area contributed by atoms with Crippen molar-refractivity contribution in [3.8, 4) is 0 Å². The van der Waals surface area contributed by atoms with Crippen molar-refractivity contribution in [2.45, 2.75) is 6.92 Å². The topological polar surface area (TPSA) is 88.1 Å². The van der Waals surface area contributed by atoms with E-state index in [0.717, 1.165) is 10.7 Å². The van der Waals surface area contributed by atoms with Gasteiger partial charge in [-0.1, -0.05) is 0 Å². The molecule has 2 aromatic heterocycles. The third kappa shape index (κ3) is 2.89. The summed E-state index contributed by atoms with van der Waals surface area (Å²) < 4.78 is 4.10. The Morgan fingerprint density at radius 3 is 2.81 bits per heavy atom. The van der Waals surface area contributed by atoms with Crippen LogP contribution in [0.3, 0.4) is 0 Å². The Kier molecular flexibility index (Phi) is 3.61. The molecule has 21 heavy (non-hydrogen) atoms. The lowest BCUT2D eigenvalue weighted by molar-refractivity contribution is -0.123. The molecular formula is C13H13N5O2S. The number of hydrogen-bond donors (Lipinski definition) is 1. The minimum Gasteiger partial charge on any atom is -0.336 e. The van der Waals surface area contributed by atoms with Crippen LogP contribution in [-0.2, 0) is 4.79 Å². The molecule has 108 valence electrons. The molecule has 0 aliphatic carbocycles. The van der Waals surface area contributed by atoms with E-state index in [9.17, 15) is 9.59 Å². The molecule has 1 fully saturated rings. The second-order valence-corrected chi connectivity index (χ2v) is 5.62. The SMILES string of the molecule is Cc1cc(NC(=O)C2CN(C(=O)c3cnccn3)C2)sn1. The highest BCUT2D eigenvalue weighted by atomic mass is 32.1. The van der Waals surface area contributed by atoms with Crippen LogP contribution in [0.2, 0.25) is 0 Å². The largest absolute Gasteiger partial charge is 0.336 e. The summed E-state index contributed by atoms with van der Waals surface area (Å²) in [6.45, 7) is 2.68. The molecule has 7 nitrogen and oxygen atoms in total. The normalized spacial score (nSPS) is 14.6. The van der Waals surface area contributed by atoms with E-state index in [-0.39, 0.29) is 17.7 Å². The lowest BCUT2D eigenvalue weighted by atomic mass is 9.99. The monoisotopic (exact) mass is 303 g/mol. The molecular weight excluding hydrogens is 290 g/mol. The highest BCUT2D eigenvalue weighted by molar-refractivity contribution is 7.10. The van der Waals surface area contributed by atoms with Gasteiger partial charge in [-0.3, -0.25) is 14.6 Å². The van der Waals surface area contributed by atoms with E-state index in [1.165, 1.54) is 30.1 Å². The minimum absolute atomic E-state index is 0.0816. The van der Waals surface area contributed by atoms with E-state index in [0.29, 0.717) is 18.8 Å². The van der Waals surface area contributed by atoms with Gasteiger partial charge >= 0.3 is 0 Å². The maximum Gasteiger partial charge on any atom is 0.274 e. The van der Waals surface area contributed by atoms with Gasteiger partial charge in [-0.15, -0.1) is 0 Å². The summed E-state index contributed by atoms with van der Waals surface area (Å²) in [6.07, 6.45) is 4.42. The van der Waals surface area contributed by atoms with Crippen molar-refractivity contribution in [3.63, 3.8) is 0 Å². The first-order chi connectivity index (χ1) is 10.1. The highest BCUT2D eigenvalue weighted by Gasteiger charge is 2.36. The molecule has 1 N–H and O–H groups in total. The van der Waals surface area contributed by atoms with Crippen molar-refractivity contribution in [2.75, 3.05) is 18.4 Å². The molecule has 3 heterocycles. The van der Waals surface area contributed by atoms with E-state index < -0.39 is 0 Å². The van der Waals surface area contributed by atoms with E-state index in [1.54, 1.807) is 4.90 Å². The van der Waals surface area contributed by atoms with Crippen LogP contribution >= 0.6 is 11.5 Å². The number of anilines is 1. The summed E-state index contributed by atoms with van der Waals surface area (Å²) in [5.74, 6) is -0.462. The second-order valence-electron chi connectivity index (χ2n) is 4.82. The molecule has 0 aromatic carbocycles. The van der Waals surface area contributed by atoms with Crippen LogP contribution in [0.15, 0.2) is 24.7 Å². The van der Waals surface area contributed by atoms with Gasteiger partial charge in [0.1, 0.15) is 10.7 Å². The zero-order valence-electron chi connectivity index (χ0n) is 11.3. The highest BCUT2D eigenvalue weighted by Crippen LogP contribution is 2.21. The lowest BCUT2D eigenvalue weighted by Crippen LogP contribution is -2.54. The zero-order valence-corrected chi connectivity index (χ0v) is 12.1. The van der Waals surface area contributed by atoms with Gasteiger partial charge in [0.15, 0.2) is 0 Å². The maximum absolute atomic E-state index is 12.0. The van der Waals surface area contributed by atoms with Crippen molar-refractivity contribution in [1.82, 2.24) is 19.2 Å². The third-order valence-electron chi connectivity index (χ3n) is 3.20. The number of rotatable bonds is 3. The van der Waals surface area contributed by atoms with Crippen LogP contribution in [0.5, 0.6) is 0 Å². The molecule has 0 bridgehead atoms. The van der Waals surface area contributed by atoms with Gasteiger partial charge in [-0.05, 0) is 24.5 Å². The molecule has 0 atom stereocenters. The fourth-order valence-corrected chi connectivity index (χ4v) is 2.69. The first-order valence-electron chi connectivity index (χ1n) is 6.43. The molecule has 1 saturated heterocycles. The first-order valence-corrected chi connectivity index (χ1v) is 7.20. The van der Waals surface area contributed by atoms with Crippen molar-refractivity contribution in [1.29, 1.82) is 0 Å². The molecule has 0 radical (unpaired) electrons. The summed E-state index contributed by atoms with van der Waals surface area (Å²) in [4.78, 5) is 33.5. The summed E-state index contributed by atoms with van der Waals surface area (Å²) >= 11 is 1.25. The molecule has 3 rings (SSSR count). The predicted octanol–water partition coefficient (Wildman–Crippen LogP) is 0.952. The first kappa shape index (κ1) is 13.6. The lowest BCUT2D eigenvalue weighted by Gasteiger charge is -2.37. The fraction of sp³-hybridized carbons (Fsp3) is 0.308. The number of nitrogens with zero attached hydrogens (tertiary/aromatic N) is 4. The number of hydrogen-bond acceptors (Lipinski definition) is 6. The molecule has 2 amide bonds. The molecule has 2 aromatic rings. The molecule has 0 spiro atoms. The third-order valence-corrected chi connectivity index (χ3v) is 3.99. The van der Waals surface area contributed by atoms with E-state index in [4.69, 9.17) is 0 Å². The van der Waals surface area contributed by atoms with Crippen molar-refractivity contribution in [3.05, 3.63) is 36.0 Å². The van der Waals surface area contributed by atoms with Crippen molar-refractivity contribution in [2.24, 2.45) is 5.92 Å². The standard InChI is InChI=1S/C13H13N5O2S/c1-8-4-11(21-17-8)16-12(19)9-6-18(7-9)13(20)10-5-14-2-3-15-10/h2-5,9H,6-7H2,1H3,(H,16,19). The minimum atomic E-state index is -0.194. The van der Waals surface area contributed by atoms with Gasteiger partial charge in [0.25, 0.3) is 5.91 Å². The molecule has 1 aliphatic heterocycles. The van der Waals surface area contributed by atoms with Crippen molar-refractivity contribution >= 4 is 28.3 Å². The van der Waals surface area contributed by atoms with Gasteiger partial charge in [-0.2, -0.15) is 4.37 Å². The van der Waals surface area contributed by atoms with Gasteiger partial charge in [-0.25, -0.2) is 4.98 Å². The summed E-state index contributed by atoms with van der Waals surface area (Å²) in [7, 11) is 0. The predicted molar refractivity (Wildman–Crippen MR) is 76.9 cm³/mol. The number of aryl methyl sites for hydroxylation is 1. The summed E-state index contributed by atoms with van der Waals surface area (Å²) in [6, 6.07) is 1.82. The fourth-order valence-electron chi connectivity index (χ4n) is 2.03. The van der Waals surface area contributed by atoms with Gasteiger partial charge in [0, 0.05) is 25.5 Å². The number of carbonyl (C=O) groups is 2. The Bertz CT molecular complexity index is 666. The quantitative estimate of drug-likeness (QED) is 0.912. The van der Waals surface area contributed by atoms with Crippen LogP contribution in [0, 0.1) is 12.8 Å². The molecule has 0 unspecified atom stereocenters. The Labute approximate surface area is 125 Å². The average molecular weight is 303 g/mol. The smallest absolute Gasteiger partial charge is 0.274 e.